The van der Waals surface area contributed by atoms with Crippen LogP contribution >= 0.6 is 0 Å². The maximum Gasteiger partial charge on any atom is 0.410 e. The van der Waals surface area contributed by atoms with Crippen molar-refractivity contribution in [2.24, 2.45) is 5.92 Å². The number of hydrogen-bond acceptors (Lipinski definition) is 5. The van der Waals surface area contributed by atoms with E-state index < -0.39 is 5.60 Å². The quantitative estimate of drug-likeness (QED) is 0.738. The molecule has 116 valence electrons. The highest BCUT2D eigenvalue weighted by atomic mass is 16.6. The van der Waals surface area contributed by atoms with Crippen LogP contribution in [0.2, 0.25) is 0 Å². The molecule has 2 rings (SSSR count). The van der Waals surface area contributed by atoms with E-state index in [-0.39, 0.29) is 24.2 Å². The van der Waals surface area contributed by atoms with Gasteiger partial charge in [0.15, 0.2) is 0 Å². The average molecular weight is 286 g/mol. The van der Waals surface area contributed by atoms with Crippen molar-refractivity contribution in [3.63, 3.8) is 0 Å². The molecule has 2 heterocycles. The SMILES string of the molecule is CC(C)(C)OC(=O)N1CCOCC([C@@H]2C[C@@H](O)CN2)C1. The lowest BCUT2D eigenvalue weighted by Gasteiger charge is -2.29. The van der Waals surface area contributed by atoms with Crippen molar-refractivity contribution in [3.8, 4) is 0 Å². The molecule has 2 aliphatic rings. The van der Waals surface area contributed by atoms with Crippen molar-refractivity contribution < 1.29 is 19.4 Å². The Hall–Kier alpha value is -0.850. The van der Waals surface area contributed by atoms with Crippen LogP contribution in [0.15, 0.2) is 0 Å². The summed E-state index contributed by atoms with van der Waals surface area (Å²) in [5.74, 6) is 0.196. The van der Waals surface area contributed by atoms with Gasteiger partial charge >= 0.3 is 6.09 Å². The average Bonchev–Trinajstić information content (AvgIpc) is 2.62. The third kappa shape index (κ3) is 4.33. The highest BCUT2D eigenvalue weighted by Crippen LogP contribution is 2.20. The van der Waals surface area contributed by atoms with Crippen molar-refractivity contribution in [2.45, 2.75) is 44.9 Å². The molecule has 0 spiro atoms. The summed E-state index contributed by atoms with van der Waals surface area (Å²) in [5.41, 5.74) is -0.485. The normalized spacial score (nSPS) is 32.0. The number of β-amino-alcohol motifs (C(OH)–C–C–N with tert-alkyl or cyclic N) is 1. The van der Waals surface area contributed by atoms with E-state index >= 15 is 0 Å². The minimum Gasteiger partial charge on any atom is -0.444 e. The van der Waals surface area contributed by atoms with Gasteiger partial charge in [0.25, 0.3) is 0 Å². The van der Waals surface area contributed by atoms with Gasteiger partial charge in [-0.25, -0.2) is 4.79 Å². The third-order valence-electron chi connectivity index (χ3n) is 3.65. The highest BCUT2D eigenvalue weighted by molar-refractivity contribution is 5.68. The van der Waals surface area contributed by atoms with Crippen LogP contribution in [0.1, 0.15) is 27.2 Å². The molecule has 0 aliphatic carbocycles. The van der Waals surface area contributed by atoms with Gasteiger partial charge in [0.05, 0.1) is 19.3 Å². The van der Waals surface area contributed by atoms with Crippen LogP contribution in [0.3, 0.4) is 0 Å². The van der Waals surface area contributed by atoms with Crippen molar-refractivity contribution in [3.05, 3.63) is 0 Å². The van der Waals surface area contributed by atoms with E-state index in [0.29, 0.717) is 32.8 Å². The van der Waals surface area contributed by atoms with Gasteiger partial charge in [-0.15, -0.1) is 0 Å². The van der Waals surface area contributed by atoms with Crippen LogP contribution in [0.5, 0.6) is 0 Å². The summed E-state index contributed by atoms with van der Waals surface area (Å²) >= 11 is 0. The van der Waals surface area contributed by atoms with Crippen LogP contribution < -0.4 is 5.32 Å². The number of nitrogens with one attached hydrogen (secondary N) is 1. The third-order valence-corrected chi connectivity index (χ3v) is 3.65. The molecule has 3 atom stereocenters. The fourth-order valence-electron chi connectivity index (χ4n) is 2.68. The van der Waals surface area contributed by atoms with Crippen LogP contribution in [-0.2, 0) is 9.47 Å². The lowest BCUT2D eigenvalue weighted by Crippen LogP contribution is -2.44. The summed E-state index contributed by atoms with van der Waals surface area (Å²) < 4.78 is 11.0. The van der Waals surface area contributed by atoms with Crippen molar-refractivity contribution in [2.75, 3.05) is 32.8 Å². The Kier molecular flexibility index (Phi) is 4.88. The Balaban J connectivity index is 1.94. The van der Waals surface area contributed by atoms with E-state index in [1.54, 1.807) is 4.90 Å². The van der Waals surface area contributed by atoms with Gasteiger partial charge < -0.3 is 24.8 Å². The van der Waals surface area contributed by atoms with Crippen molar-refractivity contribution >= 4 is 6.09 Å². The summed E-state index contributed by atoms with van der Waals surface area (Å²) in [4.78, 5) is 13.9. The lowest BCUT2D eigenvalue weighted by atomic mass is 9.98. The molecule has 1 amide bonds. The maximum absolute atomic E-state index is 12.2. The number of nitrogens with zero attached hydrogens (tertiary/aromatic N) is 1. The number of ether oxygens (including phenoxy) is 2. The zero-order valence-corrected chi connectivity index (χ0v) is 12.6. The molecule has 1 unspecified atom stereocenters. The molecule has 0 radical (unpaired) electrons. The van der Waals surface area contributed by atoms with Gasteiger partial charge in [0.2, 0.25) is 0 Å². The molecule has 2 N–H and O–H groups in total. The van der Waals surface area contributed by atoms with E-state index in [9.17, 15) is 9.90 Å². The van der Waals surface area contributed by atoms with Crippen LogP contribution in [0.4, 0.5) is 4.79 Å². The predicted octanol–water partition coefficient (Wildman–Crippen LogP) is 0.593. The molecular formula is C14H26N2O4. The molecule has 0 aromatic carbocycles. The first kappa shape index (κ1) is 15.5. The van der Waals surface area contributed by atoms with E-state index in [4.69, 9.17) is 9.47 Å². The van der Waals surface area contributed by atoms with Gasteiger partial charge in [-0.2, -0.15) is 0 Å². The monoisotopic (exact) mass is 286 g/mol. The van der Waals surface area contributed by atoms with Crippen LogP contribution in [-0.4, -0.2) is 66.7 Å². The topological polar surface area (TPSA) is 71.0 Å². The molecule has 20 heavy (non-hydrogen) atoms. The number of carbonyl (C=O) groups is 1. The van der Waals surface area contributed by atoms with Crippen molar-refractivity contribution in [1.29, 1.82) is 0 Å². The fraction of sp³-hybridized carbons (Fsp3) is 0.929. The van der Waals surface area contributed by atoms with Gasteiger partial charge in [-0.1, -0.05) is 0 Å². The molecule has 6 nitrogen and oxygen atoms in total. The summed E-state index contributed by atoms with van der Waals surface area (Å²) in [6.45, 7) is 8.53. The van der Waals surface area contributed by atoms with Gasteiger partial charge in [0.1, 0.15) is 5.60 Å². The number of aliphatic hydroxyl groups excluding tert-OH is 1. The first-order valence-corrected chi connectivity index (χ1v) is 7.32. The smallest absolute Gasteiger partial charge is 0.410 e. The summed E-state index contributed by atoms with van der Waals surface area (Å²) in [7, 11) is 0. The number of amides is 1. The number of rotatable bonds is 1. The van der Waals surface area contributed by atoms with Crippen LogP contribution in [0.25, 0.3) is 0 Å². The largest absolute Gasteiger partial charge is 0.444 e. The first-order chi connectivity index (χ1) is 9.35. The van der Waals surface area contributed by atoms with E-state index in [1.807, 2.05) is 20.8 Å². The maximum atomic E-state index is 12.2. The number of hydrogen-bond donors (Lipinski definition) is 2. The van der Waals surface area contributed by atoms with Gasteiger partial charge in [-0.05, 0) is 27.2 Å². The van der Waals surface area contributed by atoms with Crippen LogP contribution in [0, 0.1) is 5.92 Å². The minimum atomic E-state index is -0.485. The molecule has 0 aromatic rings. The van der Waals surface area contributed by atoms with E-state index in [1.165, 1.54) is 0 Å². The second kappa shape index (κ2) is 6.28. The Morgan fingerprint density at radius 2 is 2.20 bits per heavy atom. The summed E-state index contributed by atoms with van der Waals surface area (Å²) in [6, 6.07) is 0.202. The highest BCUT2D eigenvalue weighted by Gasteiger charge is 2.34. The molecule has 0 bridgehead atoms. The Morgan fingerprint density at radius 3 is 2.80 bits per heavy atom. The van der Waals surface area contributed by atoms with Crippen molar-refractivity contribution in [1.82, 2.24) is 10.2 Å². The number of carbonyl (C=O) groups excluding carboxylic acids is 1. The standard InChI is InChI=1S/C14H26N2O4/c1-14(2,3)20-13(18)16-4-5-19-9-10(8-16)12-6-11(17)7-15-12/h10-12,15,17H,4-9H2,1-3H3/t10?,11-,12+/m1/s1. The summed E-state index contributed by atoms with van der Waals surface area (Å²) in [6.07, 6.45) is 0.140. The Morgan fingerprint density at radius 1 is 1.45 bits per heavy atom. The summed E-state index contributed by atoms with van der Waals surface area (Å²) in [5, 5.41) is 12.9. The first-order valence-electron chi connectivity index (χ1n) is 7.32. The van der Waals surface area contributed by atoms with Gasteiger partial charge in [0, 0.05) is 31.6 Å². The molecule has 6 heteroatoms. The zero-order chi connectivity index (χ0) is 14.8. The lowest BCUT2D eigenvalue weighted by molar-refractivity contribution is 0.0229. The minimum absolute atomic E-state index is 0.196. The van der Waals surface area contributed by atoms with E-state index in [2.05, 4.69) is 5.32 Å². The molecular weight excluding hydrogens is 260 g/mol. The second-order valence-electron chi connectivity index (χ2n) is 6.67. The predicted molar refractivity (Wildman–Crippen MR) is 74.5 cm³/mol. The van der Waals surface area contributed by atoms with E-state index in [0.717, 1.165) is 6.42 Å². The second-order valence-corrected chi connectivity index (χ2v) is 6.67. The molecule has 0 saturated carbocycles. The zero-order valence-electron chi connectivity index (χ0n) is 12.6. The Labute approximate surface area is 120 Å². The molecule has 0 aromatic heterocycles. The molecule has 2 saturated heterocycles. The molecule has 2 aliphatic heterocycles. The van der Waals surface area contributed by atoms with Gasteiger partial charge in [-0.3, -0.25) is 0 Å². The molecule has 2 fully saturated rings. The Bertz CT molecular complexity index is 343. The fourth-order valence-corrected chi connectivity index (χ4v) is 2.68. The number of aliphatic hydroxyl groups is 1.